The molecule has 6 heavy (non-hydrogen) atoms. The minimum absolute atomic E-state index is 0.354. The van der Waals surface area contributed by atoms with E-state index in [9.17, 15) is 0 Å². The fourth-order valence-corrected chi connectivity index (χ4v) is 0. The third-order valence-electron chi connectivity index (χ3n) is 0.602. The molecular formula is C4H11NS. The normalized spacial score (nSPS) is 16.8. The molecule has 0 saturated heterocycles. The molecular weight excluding hydrogens is 94.1 g/mol. The van der Waals surface area contributed by atoms with Crippen molar-refractivity contribution in [1.82, 2.24) is 0 Å². The van der Waals surface area contributed by atoms with Crippen molar-refractivity contribution in [2.24, 2.45) is 5.14 Å². The van der Waals surface area contributed by atoms with E-state index >= 15 is 0 Å². The van der Waals surface area contributed by atoms with Crippen LogP contribution in [0, 0.1) is 0 Å². The number of hydrogen-bond acceptors (Lipinski definition) is 1. The SMILES string of the molecule is C=C(C)[SH](C)N. The van der Waals surface area contributed by atoms with Crippen LogP contribution in [0.4, 0.5) is 0 Å². The molecule has 0 bridgehead atoms. The number of hydrogen-bond donors (Lipinski definition) is 2. The van der Waals surface area contributed by atoms with E-state index in [4.69, 9.17) is 5.14 Å². The molecule has 0 aliphatic carbocycles. The van der Waals surface area contributed by atoms with Crippen molar-refractivity contribution in [3.63, 3.8) is 0 Å². The van der Waals surface area contributed by atoms with E-state index in [-0.39, 0.29) is 11.1 Å². The van der Waals surface area contributed by atoms with Crippen molar-refractivity contribution in [3.8, 4) is 0 Å². The summed E-state index contributed by atoms with van der Waals surface area (Å²) in [6, 6.07) is 0. The molecule has 0 aliphatic rings. The molecule has 2 heteroatoms. The predicted octanol–water partition coefficient (Wildman–Crippen LogP) is 1.02. The molecule has 0 radical (unpaired) electrons. The number of rotatable bonds is 1. The monoisotopic (exact) mass is 105 g/mol. The second-order valence-electron chi connectivity index (χ2n) is 1.35. The van der Waals surface area contributed by atoms with Gasteiger partial charge in [-0.2, -0.15) is 11.1 Å². The van der Waals surface area contributed by atoms with E-state index < -0.39 is 0 Å². The Bertz CT molecular complexity index is 58.6. The van der Waals surface area contributed by atoms with Crippen molar-refractivity contribution < 1.29 is 0 Å². The van der Waals surface area contributed by atoms with Crippen molar-refractivity contribution >= 4 is 11.1 Å². The lowest BCUT2D eigenvalue weighted by Gasteiger charge is -2.04. The van der Waals surface area contributed by atoms with E-state index in [1.807, 2.05) is 13.2 Å². The van der Waals surface area contributed by atoms with E-state index in [2.05, 4.69) is 6.58 Å². The van der Waals surface area contributed by atoms with Crippen molar-refractivity contribution in [3.05, 3.63) is 11.5 Å². The Morgan fingerprint density at radius 3 is 2.00 bits per heavy atom. The molecule has 2 N–H and O–H groups in total. The number of nitrogens with two attached hydrogens (primary N) is 1. The third kappa shape index (κ3) is 2.30. The summed E-state index contributed by atoms with van der Waals surface area (Å²) in [6.45, 7) is 5.61. The van der Waals surface area contributed by atoms with Crippen LogP contribution in [0.2, 0.25) is 0 Å². The smallest absolute Gasteiger partial charge is 0.0217 e. The molecule has 0 fully saturated rings. The zero-order valence-corrected chi connectivity index (χ0v) is 5.13. The fraction of sp³-hybridized carbons (Fsp3) is 0.500. The molecule has 1 unspecified atom stereocenters. The Kier molecular flexibility index (Phi) is 2.28. The lowest BCUT2D eigenvalue weighted by Crippen LogP contribution is -1.88. The van der Waals surface area contributed by atoms with E-state index in [0.717, 1.165) is 4.91 Å². The summed E-state index contributed by atoms with van der Waals surface area (Å²) >= 11 is -0.354. The molecule has 0 rings (SSSR count). The molecule has 1 atom stereocenters. The quantitative estimate of drug-likeness (QED) is 0.478. The number of allylic oxidation sites excluding steroid dienone is 1. The Labute approximate surface area is 41.7 Å². The van der Waals surface area contributed by atoms with Crippen LogP contribution >= 0.6 is 11.1 Å². The van der Waals surface area contributed by atoms with Crippen LogP contribution in [0.3, 0.4) is 0 Å². The summed E-state index contributed by atoms with van der Waals surface area (Å²) in [5.74, 6) is 0. The van der Waals surface area contributed by atoms with Gasteiger partial charge in [-0.3, -0.25) is 5.14 Å². The van der Waals surface area contributed by atoms with Crippen LogP contribution in [-0.4, -0.2) is 6.26 Å². The molecule has 0 aromatic carbocycles. The second-order valence-corrected chi connectivity index (χ2v) is 3.33. The molecule has 0 aromatic rings. The second kappa shape index (κ2) is 2.26. The van der Waals surface area contributed by atoms with Gasteiger partial charge in [-0.05, 0) is 18.1 Å². The third-order valence-corrected chi connectivity index (χ3v) is 1.81. The van der Waals surface area contributed by atoms with E-state index in [1.165, 1.54) is 0 Å². The van der Waals surface area contributed by atoms with Crippen LogP contribution in [0.1, 0.15) is 6.92 Å². The van der Waals surface area contributed by atoms with Gasteiger partial charge in [0.2, 0.25) is 0 Å². The highest BCUT2D eigenvalue weighted by Gasteiger charge is 1.81. The van der Waals surface area contributed by atoms with Crippen molar-refractivity contribution in [2.45, 2.75) is 6.92 Å². The van der Waals surface area contributed by atoms with Gasteiger partial charge in [0.15, 0.2) is 0 Å². The van der Waals surface area contributed by atoms with Gasteiger partial charge >= 0.3 is 0 Å². The molecule has 1 nitrogen and oxygen atoms in total. The maximum atomic E-state index is 5.40. The zero-order chi connectivity index (χ0) is 5.15. The summed E-state index contributed by atoms with van der Waals surface area (Å²) < 4.78 is 0. The van der Waals surface area contributed by atoms with Crippen LogP contribution in [0.5, 0.6) is 0 Å². The summed E-state index contributed by atoms with van der Waals surface area (Å²) in [6.07, 6.45) is 1.98. The Morgan fingerprint density at radius 2 is 2.00 bits per heavy atom. The highest BCUT2D eigenvalue weighted by Crippen LogP contribution is 2.17. The van der Waals surface area contributed by atoms with Gasteiger partial charge in [-0.15, -0.1) is 0 Å². The summed E-state index contributed by atoms with van der Waals surface area (Å²) in [4.78, 5) is 1.10. The Balaban J connectivity index is 3.26. The average Bonchev–Trinajstić information content (AvgIpc) is 1.36. The number of thiol groups is 1. The van der Waals surface area contributed by atoms with Gasteiger partial charge in [0.25, 0.3) is 0 Å². The largest absolute Gasteiger partial charge is 0.293 e. The summed E-state index contributed by atoms with van der Waals surface area (Å²) in [7, 11) is 0. The van der Waals surface area contributed by atoms with Crippen molar-refractivity contribution in [2.75, 3.05) is 6.26 Å². The van der Waals surface area contributed by atoms with Crippen LogP contribution in [0.25, 0.3) is 0 Å². The first-order valence-electron chi connectivity index (χ1n) is 1.78. The summed E-state index contributed by atoms with van der Waals surface area (Å²) in [5, 5.41) is 5.40. The van der Waals surface area contributed by atoms with E-state index in [0.29, 0.717) is 0 Å². The maximum Gasteiger partial charge on any atom is -0.0217 e. The van der Waals surface area contributed by atoms with Crippen molar-refractivity contribution in [1.29, 1.82) is 0 Å². The molecule has 0 aromatic heterocycles. The van der Waals surface area contributed by atoms with Gasteiger partial charge in [0.05, 0.1) is 0 Å². The van der Waals surface area contributed by atoms with Gasteiger partial charge < -0.3 is 0 Å². The Morgan fingerprint density at radius 1 is 1.83 bits per heavy atom. The Hall–Kier alpha value is 0.0500. The zero-order valence-electron chi connectivity index (χ0n) is 4.23. The average molecular weight is 105 g/mol. The molecule has 0 aliphatic heterocycles. The lowest BCUT2D eigenvalue weighted by molar-refractivity contribution is 1.69. The molecule has 38 valence electrons. The summed E-state index contributed by atoms with van der Waals surface area (Å²) in [5.41, 5.74) is 0. The lowest BCUT2D eigenvalue weighted by atomic mass is 10.8. The van der Waals surface area contributed by atoms with Crippen LogP contribution in [0.15, 0.2) is 11.5 Å². The fourth-order valence-electron chi connectivity index (χ4n) is 0. The molecule has 0 amide bonds. The minimum Gasteiger partial charge on any atom is -0.293 e. The van der Waals surface area contributed by atoms with Gasteiger partial charge in [0.1, 0.15) is 0 Å². The first-order valence-corrected chi connectivity index (χ1v) is 3.64. The minimum atomic E-state index is -0.354. The highest BCUT2D eigenvalue weighted by molar-refractivity contribution is 8.17. The van der Waals surface area contributed by atoms with E-state index in [1.54, 1.807) is 0 Å². The maximum absolute atomic E-state index is 5.40. The first kappa shape index (κ1) is 6.05. The van der Waals surface area contributed by atoms with Gasteiger partial charge in [-0.25, -0.2) is 0 Å². The van der Waals surface area contributed by atoms with Gasteiger partial charge in [-0.1, -0.05) is 6.58 Å². The highest BCUT2D eigenvalue weighted by atomic mass is 32.2. The van der Waals surface area contributed by atoms with Crippen LogP contribution < -0.4 is 5.14 Å². The topological polar surface area (TPSA) is 26.0 Å². The standard InChI is InChI=1S/C4H11NS/c1-4(2)6(3)5/h6H,1,5H2,2-3H3. The first-order chi connectivity index (χ1) is 2.64. The van der Waals surface area contributed by atoms with Gasteiger partial charge in [0, 0.05) is 0 Å². The predicted molar refractivity (Wildman–Crippen MR) is 33.9 cm³/mol. The molecule has 0 saturated carbocycles. The molecule has 0 heterocycles. The van der Waals surface area contributed by atoms with Crippen LogP contribution in [-0.2, 0) is 0 Å². The molecule has 0 spiro atoms.